The van der Waals surface area contributed by atoms with E-state index in [4.69, 9.17) is 4.74 Å². The molecule has 0 radical (unpaired) electrons. The topological polar surface area (TPSA) is 21.3 Å². The zero-order chi connectivity index (χ0) is 11.6. The second kappa shape index (κ2) is 9.00. The summed E-state index contributed by atoms with van der Waals surface area (Å²) in [6.45, 7) is 4.38. The Labute approximate surface area is 101 Å². The predicted octanol–water partition coefficient (Wildman–Crippen LogP) is 3.36. The fourth-order valence-electron chi connectivity index (χ4n) is 2.80. The van der Waals surface area contributed by atoms with Gasteiger partial charge in [-0.15, -0.1) is 0 Å². The van der Waals surface area contributed by atoms with Crippen molar-refractivity contribution in [3.8, 4) is 0 Å². The molecule has 96 valence electrons. The lowest BCUT2D eigenvalue weighted by Crippen LogP contribution is -2.38. The number of rotatable bonds is 8. The van der Waals surface area contributed by atoms with Crippen LogP contribution in [0, 0.1) is 5.92 Å². The number of hydrogen-bond acceptors (Lipinski definition) is 2. The molecule has 0 aromatic carbocycles. The first kappa shape index (κ1) is 14.0. The minimum Gasteiger partial charge on any atom is -0.385 e. The van der Waals surface area contributed by atoms with Gasteiger partial charge in [0.05, 0.1) is 0 Å². The minimum atomic E-state index is 0.802. The molecular weight excluding hydrogens is 198 g/mol. The molecule has 1 rings (SSSR count). The van der Waals surface area contributed by atoms with Crippen molar-refractivity contribution in [1.29, 1.82) is 0 Å². The van der Waals surface area contributed by atoms with Crippen LogP contribution in [0.5, 0.6) is 0 Å². The maximum Gasteiger partial charge on any atom is 0.0462 e. The molecule has 1 aliphatic rings. The Balaban J connectivity index is 2.18. The molecule has 0 saturated heterocycles. The quantitative estimate of drug-likeness (QED) is 0.642. The van der Waals surface area contributed by atoms with E-state index in [0.717, 1.165) is 18.6 Å². The van der Waals surface area contributed by atoms with Crippen LogP contribution >= 0.6 is 0 Å². The van der Waals surface area contributed by atoms with Crippen molar-refractivity contribution in [3.63, 3.8) is 0 Å². The smallest absolute Gasteiger partial charge is 0.0462 e. The van der Waals surface area contributed by atoms with Crippen LogP contribution in [0.25, 0.3) is 0 Å². The van der Waals surface area contributed by atoms with Gasteiger partial charge in [-0.05, 0) is 44.6 Å². The summed E-state index contributed by atoms with van der Waals surface area (Å²) < 4.78 is 5.11. The van der Waals surface area contributed by atoms with Crippen LogP contribution < -0.4 is 5.32 Å². The third kappa shape index (κ3) is 5.31. The van der Waals surface area contributed by atoms with E-state index in [2.05, 4.69) is 12.2 Å². The minimum absolute atomic E-state index is 0.802. The molecule has 0 aliphatic heterocycles. The number of unbranched alkanes of at least 4 members (excludes halogenated alkanes) is 1. The highest BCUT2D eigenvalue weighted by Crippen LogP contribution is 2.28. The Kier molecular flexibility index (Phi) is 7.87. The van der Waals surface area contributed by atoms with Gasteiger partial charge >= 0.3 is 0 Å². The van der Waals surface area contributed by atoms with Gasteiger partial charge in [0.2, 0.25) is 0 Å². The molecule has 2 nitrogen and oxygen atoms in total. The largest absolute Gasteiger partial charge is 0.385 e. The van der Waals surface area contributed by atoms with Gasteiger partial charge in [0, 0.05) is 19.8 Å². The van der Waals surface area contributed by atoms with Gasteiger partial charge in [-0.3, -0.25) is 0 Å². The highest BCUT2D eigenvalue weighted by Gasteiger charge is 2.23. The summed E-state index contributed by atoms with van der Waals surface area (Å²) in [4.78, 5) is 0. The van der Waals surface area contributed by atoms with E-state index in [1.54, 1.807) is 7.11 Å². The molecule has 1 saturated carbocycles. The Bertz CT molecular complexity index is 161. The lowest BCUT2D eigenvalue weighted by molar-refractivity contribution is 0.183. The zero-order valence-electron chi connectivity index (χ0n) is 11.1. The first-order valence-corrected chi connectivity index (χ1v) is 7.10. The van der Waals surface area contributed by atoms with Gasteiger partial charge in [-0.25, -0.2) is 0 Å². The van der Waals surface area contributed by atoms with Crippen molar-refractivity contribution >= 4 is 0 Å². The monoisotopic (exact) mass is 227 g/mol. The van der Waals surface area contributed by atoms with Gasteiger partial charge < -0.3 is 10.1 Å². The molecule has 1 fully saturated rings. The van der Waals surface area contributed by atoms with Crippen LogP contribution in [-0.2, 0) is 4.74 Å². The summed E-state index contributed by atoms with van der Waals surface area (Å²) in [5, 5.41) is 3.73. The predicted molar refractivity (Wildman–Crippen MR) is 69.8 cm³/mol. The van der Waals surface area contributed by atoms with E-state index in [-0.39, 0.29) is 0 Å². The van der Waals surface area contributed by atoms with Crippen LogP contribution in [0.1, 0.15) is 58.3 Å². The molecular formula is C14H29NO. The van der Waals surface area contributed by atoms with Crippen LogP contribution in [-0.4, -0.2) is 26.3 Å². The summed E-state index contributed by atoms with van der Waals surface area (Å²) >= 11 is 0. The fraction of sp³-hybridized carbons (Fsp3) is 1.00. The molecule has 2 atom stereocenters. The molecule has 0 bridgehead atoms. The van der Waals surface area contributed by atoms with Gasteiger partial charge in [-0.1, -0.05) is 26.2 Å². The van der Waals surface area contributed by atoms with Crippen molar-refractivity contribution < 1.29 is 4.74 Å². The molecule has 1 N–H and O–H groups in total. The molecule has 2 unspecified atom stereocenters. The van der Waals surface area contributed by atoms with Gasteiger partial charge in [0.15, 0.2) is 0 Å². The van der Waals surface area contributed by atoms with Crippen LogP contribution in [0.4, 0.5) is 0 Å². The molecule has 0 heterocycles. The van der Waals surface area contributed by atoms with Crippen molar-refractivity contribution in [2.24, 2.45) is 5.92 Å². The number of nitrogens with one attached hydrogen (secondary N) is 1. The average Bonchev–Trinajstić information content (AvgIpc) is 2.33. The third-order valence-electron chi connectivity index (χ3n) is 3.74. The molecule has 0 spiro atoms. The Morgan fingerprint density at radius 1 is 1.19 bits per heavy atom. The average molecular weight is 227 g/mol. The molecule has 0 aromatic rings. The van der Waals surface area contributed by atoms with Gasteiger partial charge in [0.25, 0.3) is 0 Å². The summed E-state index contributed by atoms with van der Waals surface area (Å²) in [7, 11) is 1.80. The van der Waals surface area contributed by atoms with E-state index >= 15 is 0 Å². The normalized spacial score (nSPS) is 25.9. The highest BCUT2D eigenvalue weighted by molar-refractivity contribution is 4.80. The maximum atomic E-state index is 5.11. The molecule has 0 aromatic heterocycles. The lowest BCUT2D eigenvalue weighted by atomic mass is 9.81. The van der Waals surface area contributed by atoms with Crippen molar-refractivity contribution in [2.75, 3.05) is 20.3 Å². The maximum absolute atomic E-state index is 5.11. The second-order valence-electron chi connectivity index (χ2n) is 5.09. The summed E-state index contributed by atoms with van der Waals surface area (Å²) in [5.74, 6) is 0.928. The van der Waals surface area contributed by atoms with E-state index < -0.39 is 0 Å². The van der Waals surface area contributed by atoms with E-state index in [1.807, 2.05) is 0 Å². The SMILES string of the molecule is CCCNC1CCCCC1CCCCOC. The number of ether oxygens (including phenoxy) is 1. The van der Waals surface area contributed by atoms with Crippen LogP contribution in [0.3, 0.4) is 0 Å². The van der Waals surface area contributed by atoms with E-state index in [0.29, 0.717) is 0 Å². The van der Waals surface area contributed by atoms with E-state index in [1.165, 1.54) is 57.9 Å². The van der Waals surface area contributed by atoms with Crippen LogP contribution in [0.15, 0.2) is 0 Å². The molecule has 0 amide bonds. The number of methoxy groups -OCH3 is 1. The first-order chi connectivity index (χ1) is 7.88. The molecule has 2 heteroatoms. The van der Waals surface area contributed by atoms with Crippen molar-refractivity contribution in [2.45, 2.75) is 64.3 Å². The molecule has 16 heavy (non-hydrogen) atoms. The fourth-order valence-corrected chi connectivity index (χ4v) is 2.80. The standard InChI is InChI=1S/C14H29NO/c1-3-11-15-14-10-5-4-8-13(14)9-6-7-12-16-2/h13-15H,3-12H2,1-2H3. The summed E-state index contributed by atoms with van der Waals surface area (Å²) in [6, 6.07) is 0.802. The van der Waals surface area contributed by atoms with Gasteiger partial charge in [-0.2, -0.15) is 0 Å². The zero-order valence-corrected chi connectivity index (χ0v) is 11.1. The van der Waals surface area contributed by atoms with Crippen molar-refractivity contribution in [3.05, 3.63) is 0 Å². The Hall–Kier alpha value is -0.0800. The highest BCUT2D eigenvalue weighted by atomic mass is 16.5. The van der Waals surface area contributed by atoms with Crippen molar-refractivity contribution in [1.82, 2.24) is 5.32 Å². The first-order valence-electron chi connectivity index (χ1n) is 7.10. The summed E-state index contributed by atoms with van der Waals surface area (Å²) in [5.41, 5.74) is 0. The van der Waals surface area contributed by atoms with Crippen LogP contribution in [0.2, 0.25) is 0 Å². The second-order valence-corrected chi connectivity index (χ2v) is 5.09. The number of hydrogen-bond donors (Lipinski definition) is 1. The Morgan fingerprint density at radius 3 is 2.75 bits per heavy atom. The lowest BCUT2D eigenvalue weighted by Gasteiger charge is -2.32. The molecule has 1 aliphatic carbocycles. The van der Waals surface area contributed by atoms with Gasteiger partial charge in [0.1, 0.15) is 0 Å². The summed E-state index contributed by atoms with van der Waals surface area (Å²) in [6.07, 6.45) is 10.9. The Morgan fingerprint density at radius 2 is 2.00 bits per heavy atom. The van der Waals surface area contributed by atoms with E-state index in [9.17, 15) is 0 Å². The third-order valence-corrected chi connectivity index (χ3v) is 3.74.